The molecule has 2 atom stereocenters. The minimum atomic E-state index is 0.553. The summed E-state index contributed by atoms with van der Waals surface area (Å²) >= 11 is 5.86. The van der Waals surface area contributed by atoms with Crippen molar-refractivity contribution in [3.63, 3.8) is 0 Å². The fourth-order valence-corrected chi connectivity index (χ4v) is 1.28. The minimum Gasteiger partial charge on any atom is -0.366 e. The monoisotopic (exact) mass is 183 g/mol. The molecular formula is C8H10ClN3. The van der Waals surface area contributed by atoms with Crippen LogP contribution < -0.4 is 5.32 Å². The van der Waals surface area contributed by atoms with Crippen LogP contribution in [0.3, 0.4) is 0 Å². The lowest BCUT2D eigenvalue weighted by Crippen LogP contribution is -2.05. The molecule has 1 aromatic rings. The molecule has 0 amide bonds. The quantitative estimate of drug-likeness (QED) is 0.762. The molecular weight excluding hydrogens is 174 g/mol. The van der Waals surface area contributed by atoms with Gasteiger partial charge in [-0.05, 0) is 12.3 Å². The van der Waals surface area contributed by atoms with Crippen molar-refractivity contribution in [3.8, 4) is 0 Å². The average molecular weight is 184 g/mol. The molecule has 3 nitrogen and oxygen atoms in total. The van der Waals surface area contributed by atoms with E-state index in [1.165, 1.54) is 12.7 Å². The summed E-state index contributed by atoms with van der Waals surface area (Å²) in [6.45, 7) is 2.20. The Hall–Kier alpha value is -0.830. The van der Waals surface area contributed by atoms with Crippen LogP contribution in [-0.2, 0) is 0 Å². The van der Waals surface area contributed by atoms with Crippen LogP contribution in [0.1, 0.15) is 13.3 Å². The Morgan fingerprint density at radius 2 is 2.42 bits per heavy atom. The summed E-state index contributed by atoms with van der Waals surface area (Å²) in [7, 11) is 0. The third-order valence-electron chi connectivity index (χ3n) is 2.10. The lowest BCUT2D eigenvalue weighted by molar-refractivity contribution is 0.921. The Balaban J connectivity index is 2.08. The largest absolute Gasteiger partial charge is 0.366 e. The van der Waals surface area contributed by atoms with Gasteiger partial charge in [-0.3, -0.25) is 0 Å². The highest BCUT2D eigenvalue weighted by molar-refractivity contribution is 6.32. The second-order valence-corrected chi connectivity index (χ2v) is 3.59. The first-order valence-electron chi connectivity index (χ1n) is 3.99. The van der Waals surface area contributed by atoms with E-state index in [1.54, 1.807) is 6.20 Å². The molecule has 1 saturated carbocycles. The third-order valence-corrected chi connectivity index (χ3v) is 2.38. The maximum absolute atomic E-state index is 5.86. The van der Waals surface area contributed by atoms with Gasteiger partial charge in [0.1, 0.15) is 17.2 Å². The van der Waals surface area contributed by atoms with Crippen molar-refractivity contribution < 1.29 is 0 Å². The first kappa shape index (κ1) is 7.80. The number of rotatable bonds is 2. The highest BCUT2D eigenvalue weighted by atomic mass is 35.5. The average Bonchev–Trinajstić information content (AvgIpc) is 2.72. The van der Waals surface area contributed by atoms with Crippen molar-refractivity contribution in [3.05, 3.63) is 17.5 Å². The van der Waals surface area contributed by atoms with Gasteiger partial charge in [0.15, 0.2) is 0 Å². The van der Waals surface area contributed by atoms with Gasteiger partial charge in [0, 0.05) is 6.04 Å². The van der Waals surface area contributed by atoms with Gasteiger partial charge in [-0.25, -0.2) is 9.97 Å². The second-order valence-electron chi connectivity index (χ2n) is 3.18. The Kier molecular flexibility index (Phi) is 1.89. The lowest BCUT2D eigenvalue weighted by Gasteiger charge is -2.03. The van der Waals surface area contributed by atoms with Crippen LogP contribution in [0, 0.1) is 5.92 Å². The molecule has 0 aromatic carbocycles. The SMILES string of the molecule is CC1CC1Nc1ncncc1Cl. The highest BCUT2D eigenvalue weighted by Crippen LogP contribution is 2.33. The Morgan fingerprint density at radius 1 is 1.67 bits per heavy atom. The normalized spacial score (nSPS) is 26.8. The van der Waals surface area contributed by atoms with Gasteiger partial charge in [0.2, 0.25) is 0 Å². The molecule has 0 spiro atoms. The minimum absolute atomic E-state index is 0.553. The lowest BCUT2D eigenvalue weighted by atomic mass is 10.4. The Labute approximate surface area is 76.2 Å². The van der Waals surface area contributed by atoms with E-state index in [2.05, 4.69) is 22.2 Å². The van der Waals surface area contributed by atoms with Gasteiger partial charge in [-0.2, -0.15) is 0 Å². The van der Waals surface area contributed by atoms with E-state index in [0.717, 1.165) is 11.7 Å². The fourth-order valence-electron chi connectivity index (χ4n) is 1.12. The van der Waals surface area contributed by atoms with E-state index in [0.29, 0.717) is 11.1 Å². The number of nitrogens with zero attached hydrogens (tertiary/aromatic N) is 2. The number of nitrogens with one attached hydrogen (secondary N) is 1. The van der Waals surface area contributed by atoms with Crippen LogP contribution >= 0.6 is 11.6 Å². The molecule has 0 radical (unpaired) electrons. The Morgan fingerprint density at radius 3 is 3.00 bits per heavy atom. The number of halogens is 1. The zero-order chi connectivity index (χ0) is 8.55. The molecule has 1 fully saturated rings. The van der Waals surface area contributed by atoms with E-state index in [1.807, 2.05) is 0 Å². The summed E-state index contributed by atoms with van der Waals surface area (Å²) < 4.78 is 0. The van der Waals surface area contributed by atoms with Crippen LogP contribution in [0.15, 0.2) is 12.5 Å². The number of hydrogen-bond donors (Lipinski definition) is 1. The third kappa shape index (κ3) is 1.50. The number of hydrogen-bond acceptors (Lipinski definition) is 3. The van der Waals surface area contributed by atoms with Crippen molar-refractivity contribution in [2.24, 2.45) is 5.92 Å². The maximum atomic E-state index is 5.86. The van der Waals surface area contributed by atoms with Crippen molar-refractivity contribution in [2.45, 2.75) is 19.4 Å². The molecule has 64 valence electrons. The van der Waals surface area contributed by atoms with E-state index in [-0.39, 0.29) is 0 Å². The van der Waals surface area contributed by atoms with Crippen molar-refractivity contribution in [1.29, 1.82) is 0 Å². The van der Waals surface area contributed by atoms with Crippen LogP contribution in [-0.4, -0.2) is 16.0 Å². The summed E-state index contributed by atoms with van der Waals surface area (Å²) in [6.07, 6.45) is 4.31. The number of aromatic nitrogens is 2. The van der Waals surface area contributed by atoms with Crippen LogP contribution in [0.4, 0.5) is 5.82 Å². The van der Waals surface area contributed by atoms with Gasteiger partial charge >= 0.3 is 0 Å². The standard InChI is InChI=1S/C8H10ClN3/c1-5-2-7(5)12-8-6(9)3-10-4-11-8/h3-5,7H,2H2,1H3,(H,10,11,12). The summed E-state index contributed by atoms with van der Waals surface area (Å²) in [5.74, 6) is 1.50. The van der Waals surface area contributed by atoms with E-state index in [9.17, 15) is 0 Å². The van der Waals surface area contributed by atoms with E-state index < -0.39 is 0 Å². The molecule has 0 aliphatic heterocycles. The first-order valence-corrected chi connectivity index (χ1v) is 4.37. The number of anilines is 1. The van der Waals surface area contributed by atoms with Crippen LogP contribution in [0.25, 0.3) is 0 Å². The first-order chi connectivity index (χ1) is 5.77. The highest BCUT2D eigenvalue weighted by Gasteiger charge is 2.32. The summed E-state index contributed by atoms with van der Waals surface area (Å²) in [6, 6.07) is 0.553. The molecule has 1 aliphatic carbocycles. The smallest absolute Gasteiger partial charge is 0.148 e. The van der Waals surface area contributed by atoms with Gasteiger partial charge in [0.05, 0.1) is 6.20 Å². The molecule has 2 rings (SSSR count). The molecule has 4 heteroatoms. The maximum Gasteiger partial charge on any atom is 0.148 e. The van der Waals surface area contributed by atoms with Crippen molar-refractivity contribution >= 4 is 17.4 Å². The topological polar surface area (TPSA) is 37.8 Å². The molecule has 1 N–H and O–H groups in total. The molecule has 0 bridgehead atoms. The second kappa shape index (κ2) is 2.90. The van der Waals surface area contributed by atoms with E-state index >= 15 is 0 Å². The predicted octanol–water partition coefficient (Wildman–Crippen LogP) is 1.95. The zero-order valence-electron chi connectivity index (χ0n) is 6.79. The van der Waals surface area contributed by atoms with Gasteiger partial charge in [0.25, 0.3) is 0 Å². The van der Waals surface area contributed by atoms with E-state index in [4.69, 9.17) is 11.6 Å². The summed E-state index contributed by atoms with van der Waals surface area (Å²) in [5, 5.41) is 3.84. The zero-order valence-corrected chi connectivity index (χ0v) is 7.54. The van der Waals surface area contributed by atoms with Crippen LogP contribution in [0.2, 0.25) is 5.02 Å². The molecule has 1 aromatic heterocycles. The van der Waals surface area contributed by atoms with Gasteiger partial charge < -0.3 is 5.32 Å². The summed E-state index contributed by atoms with van der Waals surface area (Å²) in [4.78, 5) is 7.85. The van der Waals surface area contributed by atoms with Gasteiger partial charge in [-0.15, -0.1) is 0 Å². The Bertz CT molecular complexity index is 289. The molecule has 12 heavy (non-hydrogen) atoms. The van der Waals surface area contributed by atoms with Crippen molar-refractivity contribution in [1.82, 2.24) is 9.97 Å². The molecule has 1 aliphatic rings. The summed E-state index contributed by atoms with van der Waals surface area (Å²) in [5.41, 5.74) is 0. The fraction of sp³-hybridized carbons (Fsp3) is 0.500. The van der Waals surface area contributed by atoms with Gasteiger partial charge in [-0.1, -0.05) is 18.5 Å². The molecule has 1 heterocycles. The molecule has 0 saturated heterocycles. The van der Waals surface area contributed by atoms with Crippen molar-refractivity contribution in [2.75, 3.05) is 5.32 Å². The van der Waals surface area contributed by atoms with Crippen LogP contribution in [0.5, 0.6) is 0 Å². The molecule has 2 unspecified atom stereocenters. The predicted molar refractivity (Wildman–Crippen MR) is 48.2 cm³/mol.